The van der Waals surface area contributed by atoms with Crippen molar-refractivity contribution in [1.29, 1.82) is 0 Å². The topological polar surface area (TPSA) is 0 Å². The summed E-state index contributed by atoms with van der Waals surface area (Å²) < 4.78 is 158. The average molecular weight is 343 g/mol. The molecule has 0 aliphatic carbocycles. The zero-order chi connectivity index (χ0) is 17.4. The Morgan fingerprint density at radius 1 is 0.667 bits per heavy atom. The summed E-state index contributed by atoms with van der Waals surface area (Å²) in [6.45, 7) is 0. The van der Waals surface area contributed by atoms with Crippen LogP contribution in [-0.2, 0) is 0 Å². The van der Waals surface area contributed by atoms with E-state index in [9.17, 15) is 57.1 Å². The molecule has 13 heteroatoms. The third kappa shape index (κ3) is 2.95. The molecular formula is C8F13. The van der Waals surface area contributed by atoms with E-state index in [4.69, 9.17) is 0 Å². The molecule has 0 aromatic rings. The van der Waals surface area contributed by atoms with Gasteiger partial charge in [0.15, 0.2) is 5.83 Å². The fourth-order valence-electron chi connectivity index (χ4n) is 0.789. The number of alkyl halides is 9. The molecule has 0 spiro atoms. The minimum Gasteiger partial charge on any atom is -0.201 e. The minimum absolute atomic E-state index is 0.473. The van der Waals surface area contributed by atoms with Crippen LogP contribution < -0.4 is 0 Å². The molecule has 0 saturated heterocycles. The fourth-order valence-corrected chi connectivity index (χ4v) is 0.789. The van der Waals surface area contributed by atoms with E-state index < -0.39 is 47.8 Å². The molecule has 1 radical (unpaired) electrons. The van der Waals surface area contributed by atoms with Crippen molar-refractivity contribution in [3.05, 3.63) is 23.8 Å². The van der Waals surface area contributed by atoms with E-state index in [0.717, 1.165) is 0 Å². The number of hydrogen-bond donors (Lipinski definition) is 0. The molecule has 0 fully saturated rings. The molecule has 0 aromatic carbocycles. The molecule has 0 heterocycles. The highest BCUT2D eigenvalue weighted by molar-refractivity contribution is 5.26. The first-order valence-corrected chi connectivity index (χ1v) is 4.21. The lowest BCUT2D eigenvalue weighted by Crippen LogP contribution is -2.61. The largest absolute Gasteiger partial charge is 0.460 e. The Balaban J connectivity index is 6.15. The van der Waals surface area contributed by atoms with Gasteiger partial charge in [-0.05, 0) is 0 Å². The third-order valence-electron chi connectivity index (χ3n) is 1.89. The average Bonchev–Trinajstić information content (AvgIpc) is 2.33. The Labute approximate surface area is 106 Å². The summed E-state index contributed by atoms with van der Waals surface area (Å²) in [5.74, 6) is -33.6. The van der Waals surface area contributed by atoms with Crippen LogP contribution in [0.2, 0.25) is 0 Å². The van der Waals surface area contributed by atoms with Crippen LogP contribution in [-0.4, -0.2) is 23.9 Å². The molecule has 0 unspecified atom stereocenters. The second-order valence-electron chi connectivity index (χ2n) is 3.26. The van der Waals surface area contributed by atoms with Crippen LogP contribution in [0.3, 0.4) is 0 Å². The highest BCUT2D eigenvalue weighted by atomic mass is 19.4. The van der Waals surface area contributed by atoms with Crippen LogP contribution in [0.5, 0.6) is 0 Å². The Morgan fingerprint density at radius 2 is 1.05 bits per heavy atom. The molecule has 0 amide bonds. The van der Waals surface area contributed by atoms with Gasteiger partial charge in [-0.3, -0.25) is 0 Å². The van der Waals surface area contributed by atoms with Crippen molar-refractivity contribution in [3.8, 4) is 0 Å². The second kappa shape index (κ2) is 5.40. The maximum atomic E-state index is 12.6. The van der Waals surface area contributed by atoms with Gasteiger partial charge in [0.2, 0.25) is 18.0 Å². The van der Waals surface area contributed by atoms with Crippen LogP contribution in [0.4, 0.5) is 57.1 Å². The number of halogens is 13. The van der Waals surface area contributed by atoms with Crippen LogP contribution in [0.25, 0.3) is 0 Å². The summed E-state index contributed by atoms with van der Waals surface area (Å²) in [6.07, 6.45) is -7.74. The molecule has 21 heavy (non-hydrogen) atoms. The molecule has 0 rings (SSSR count). The summed E-state index contributed by atoms with van der Waals surface area (Å²) in [4.78, 5) is 0. The van der Waals surface area contributed by atoms with Gasteiger partial charge < -0.3 is 0 Å². The molecule has 0 N–H and O–H groups in total. The number of hydrogen-bond acceptors (Lipinski definition) is 0. The lowest BCUT2D eigenvalue weighted by atomic mass is 10.0. The lowest BCUT2D eigenvalue weighted by molar-refractivity contribution is -0.391. The monoisotopic (exact) mass is 343 g/mol. The maximum Gasteiger partial charge on any atom is 0.460 e. The number of rotatable bonds is 4. The van der Waals surface area contributed by atoms with Gasteiger partial charge in [0.1, 0.15) is 0 Å². The highest BCUT2D eigenvalue weighted by Crippen LogP contribution is 2.56. The van der Waals surface area contributed by atoms with Crippen molar-refractivity contribution >= 4 is 0 Å². The minimum atomic E-state index is -7.53. The first-order chi connectivity index (χ1) is 9.05. The molecule has 123 valence electrons. The molecular weight excluding hydrogens is 343 g/mol. The van der Waals surface area contributed by atoms with E-state index in [1.54, 1.807) is 0 Å². The standard InChI is InChI=1S/C8F13/c9-1-2(10)3(11)4(12)5(13,14)6(15,16)7(17,18)8(19,20)21. The smallest absolute Gasteiger partial charge is 0.201 e. The van der Waals surface area contributed by atoms with E-state index >= 15 is 0 Å². The van der Waals surface area contributed by atoms with Gasteiger partial charge >= 0.3 is 23.9 Å². The molecule has 0 nitrogen and oxygen atoms in total. The van der Waals surface area contributed by atoms with E-state index in [2.05, 4.69) is 0 Å². The summed E-state index contributed by atoms with van der Waals surface area (Å²) in [6, 6.07) is 0. The maximum absolute atomic E-state index is 12.6. The Hall–Kier alpha value is -1.43. The van der Waals surface area contributed by atoms with Gasteiger partial charge in [-0.1, -0.05) is 0 Å². The Bertz CT molecular complexity index is 451. The van der Waals surface area contributed by atoms with Crippen LogP contribution in [0.1, 0.15) is 0 Å². The second-order valence-corrected chi connectivity index (χ2v) is 3.26. The van der Waals surface area contributed by atoms with Crippen molar-refractivity contribution in [1.82, 2.24) is 0 Å². The molecule has 0 aliphatic rings. The zero-order valence-electron chi connectivity index (χ0n) is 8.91. The Kier molecular flexibility index (Phi) is 5.04. The van der Waals surface area contributed by atoms with Crippen LogP contribution in [0.15, 0.2) is 17.5 Å². The first-order valence-electron chi connectivity index (χ1n) is 4.21. The lowest BCUT2D eigenvalue weighted by Gasteiger charge is -2.32. The summed E-state index contributed by atoms with van der Waals surface area (Å²) in [7, 11) is 0. The van der Waals surface area contributed by atoms with Gasteiger partial charge in [-0.25, -0.2) is 17.6 Å². The van der Waals surface area contributed by atoms with Crippen molar-refractivity contribution in [2.45, 2.75) is 23.9 Å². The molecule has 0 atom stereocenters. The molecule has 0 bridgehead atoms. The van der Waals surface area contributed by atoms with Crippen LogP contribution in [0, 0.1) is 6.33 Å². The SMILES string of the molecule is F/[C]=C(\F)C(F)=C(F)C(F)(F)C(F)(F)C(F)(F)C(F)(F)F. The predicted molar refractivity (Wildman–Crippen MR) is 39.1 cm³/mol. The normalized spacial score (nSPS) is 16.9. The van der Waals surface area contributed by atoms with Gasteiger partial charge in [0.05, 0.1) is 0 Å². The Morgan fingerprint density at radius 3 is 1.33 bits per heavy atom. The van der Waals surface area contributed by atoms with Crippen molar-refractivity contribution < 1.29 is 57.1 Å². The van der Waals surface area contributed by atoms with Gasteiger partial charge in [-0.15, -0.1) is 0 Å². The van der Waals surface area contributed by atoms with Gasteiger partial charge in [-0.2, -0.15) is 39.5 Å². The molecule has 0 aliphatic heterocycles. The predicted octanol–water partition coefficient (Wildman–Crippen LogP) is 5.19. The quantitative estimate of drug-likeness (QED) is 0.487. The van der Waals surface area contributed by atoms with E-state index in [-0.39, 0.29) is 0 Å². The van der Waals surface area contributed by atoms with Crippen molar-refractivity contribution in [3.63, 3.8) is 0 Å². The van der Waals surface area contributed by atoms with Gasteiger partial charge in [0.25, 0.3) is 0 Å². The van der Waals surface area contributed by atoms with E-state index in [1.165, 1.54) is 0 Å². The number of allylic oxidation sites excluding steroid dienone is 3. The fraction of sp³-hybridized carbons (Fsp3) is 0.500. The molecule has 0 aromatic heterocycles. The molecule has 0 saturated carbocycles. The van der Waals surface area contributed by atoms with E-state index in [0.29, 0.717) is 0 Å². The summed E-state index contributed by atoms with van der Waals surface area (Å²) in [5.41, 5.74) is 0. The third-order valence-corrected chi connectivity index (χ3v) is 1.89. The summed E-state index contributed by atoms with van der Waals surface area (Å²) >= 11 is 0. The van der Waals surface area contributed by atoms with Crippen molar-refractivity contribution in [2.75, 3.05) is 0 Å². The first kappa shape index (κ1) is 19.6. The highest BCUT2D eigenvalue weighted by Gasteiger charge is 2.83. The zero-order valence-corrected chi connectivity index (χ0v) is 8.91. The summed E-state index contributed by atoms with van der Waals surface area (Å²) in [5, 5.41) is 0. The van der Waals surface area contributed by atoms with Crippen LogP contribution >= 0.6 is 0 Å². The van der Waals surface area contributed by atoms with E-state index in [1.807, 2.05) is 0 Å². The van der Waals surface area contributed by atoms with Crippen molar-refractivity contribution in [2.24, 2.45) is 0 Å². The van der Waals surface area contributed by atoms with Gasteiger partial charge in [0, 0.05) is 0 Å².